The normalized spacial score (nSPS) is 19.5. The number of carbonyl (C=O) groups is 1. The number of aliphatic imine (C=N–C) groups is 1. The number of aliphatic hydroxyl groups is 1. The van der Waals surface area contributed by atoms with Crippen molar-refractivity contribution in [3.05, 3.63) is 35.9 Å². The van der Waals surface area contributed by atoms with Gasteiger partial charge in [-0.1, -0.05) is 30.3 Å². The number of benzene rings is 1. The number of amides is 1. The van der Waals surface area contributed by atoms with E-state index in [1.54, 1.807) is 0 Å². The van der Waals surface area contributed by atoms with E-state index >= 15 is 0 Å². The third-order valence-electron chi connectivity index (χ3n) is 3.77. The maximum Gasteiger partial charge on any atom is 0.249 e. The van der Waals surface area contributed by atoms with Crippen molar-refractivity contribution in [3.8, 4) is 0 Å². The Morgan fingerprint density at radius 2 is 1.86 bits per heavy atom. The average molecular weight is 295 g/mol. The Hall–Kier alpha value is -1.62. The fraction of sp³-hybridized carbons (Fsp3) is 0.500. The van der Waals surface area contributed by atoms with E-state index in [1.165, 1.54) is 0 Å². The van der Waals surface area contributed by atoms with Crippen molar-refractivity contribution in [2.75, 3.05) is 6.61 Å². The van der Waals surface area contributed by atoms with Crippen LogP contribution in [0.5, 0.6) is 0 Å². The van der Waals surface area contributed by atoms with Crippen LogP contribution in [-0.4, -0.2) is 29.3 Å². The fourth-order valence-electron chi connectivity index (χ4n) is 2.51. The van der Waals surface area contributed by atoms with E-state index in [9.17, 15) is 13.6 Å². The molecule has 1 fully saturated rings. The predicted octanol–water partition coefficient (Wildman–Crippen LogP) is 3.21. The lowest BCUT2D eigenvalue weighted by atomic mass is 9.86. The summed E-state index contributed by atoms with van der Waals surface area (Å²) in [5, 5.41) is 9.10. The third kappa shape index (κ3) is 4.43. The van der Waals surface area contributed by atoms with Crippen LogP contribution in [0.4, 0.5) is 8.78 Å². The maximum absolute atomic E-state index is 13.1. The highest BCUT2D eigenvalue weighted by Crippen LogP contribution is 2.36. The van der Waals surface area contributed by atoms with Crippen molar-refractivity contribution in [1.29, 1.82) is 0 Å². The molecule has 114 valence electrons. The Balaban J connectivity index is 2.10. The molecule has 0 aromatic heterocycles. The van der Waals surface area contributed by atoms with Gasteiger partial charge in [-0.25, -0.2) is 13.8 Å². The molecular weight excluding hydrogens is 276 g/mol. The molecular formula is C16H19F2NO2. The number of carbonyl (C=O) groups excluding carboxylic acids is 1. The molecule has 21 heavy (non-hydrogen) atoms. The van der Waals surface area contributed by atoms with Crippen LogP contribution in [-0.2, 0) is 4.79 Å². The van der Waals surface area contributed by atoms with Crippen LogP contribution in [0.25, 0.3) is 0 Å². The fourth-order valence-corrected chi connectivity index (χ4v) is 2.51. The van der Waals surface area contributed by atoms with E-state index in [4.69, 9.17) is 5.11 Å². The van der Waals surface area contributed by atoms with Crippen LogP contribution in [0.3, 0.4) is 0 Å². The van der Waals surface area contributed by atoms with Gasteiger partial charge in [0.1, 0.15) is 0 Å². The molecule has 1 saturated carbocycles. The topological polar surface area (TPSA) is 49.7 Å². The first kappa shape index (κ1) is 15.8. The van der Waals surface area contributed by atoms with Crippen molar-refractivity contribution in [3.63, 3.8) is 0 Å². The zero-order valence-electron chi connectivity index (χ0n) is 11.8. The van der Waals surface area contributed by atoms with Crippen LogP contribution in [0, 0.1) is 5.92 Å². The first-order chi connectivity index (χ1) is 10.0. The summed E-state index contributed by atoms with van der Waals surface area (Å²) in [6.07, 6.45) is 0.130. The van der Waals surface area contributed by atoms with Crippen LogP contribution in [0.1, 0.15) is 37.7 Å². The zero-order chi connectivity index (χ0) is 15.3. The van der Waals surface area contributed by atoms with E-state index < -0.39 is 11.8 Å². The van der Waals surface area contributed by atoms with Gasteiger partial charge in [0, 0.05) is 31.8 Å². The molecule has 0 spiro atoms. The smallest absolute Gasteiger partial charge is 0.249 e. The Labute approximate surface area is 122 Å². The van der Waals surface area contributed by atoms with Gasteiger partial charge in [-0.2, -0.15) is 0 Å². The summed E-state index contributed by atoms with van der Waals surface area (Å²) in [7, 11) is 0. The second-order valence-electron chi connectivity index (χ2n) is 5.37. The zero-order valence-corrected chi connectivity index (χ0v) is 11.8. The summed E-state index contributed by atoms with van der Waals surface area (Å²) in [5.41, 5.74) is 1.29. The van der Waals surface area contributed by atoms with Gasteiger partial charge in [-0.3, -0.25) is 4.79 Å². The van der Waals surface area contributed by atoms with E-state index in [1.807, 2.05) is 30.3 Å². The Morgan fingerprint density at radius 3 is 2.43 bits per heavy atom. The molecule has 0 atom stereocenters. The number of hydrogen-bond acceptors (Lipinski definition) is 2. The van der Waals surface area contributed by atoms with Gasteiger partial charge in [-0.05, 0) is 18.4 Å². The first-order valence-electron chi connectivity index (χ1n) is 7.17. The van der Waals surface area contributed by atoms with Crippen LogP contribution in [0.15, 0.2) is 35.3 Å². The molecule has 1 aliphatic rings. The lowest BCUT2D eigenvalue weighted by molar-refractivity contribution is -0.125. The Kier molecular flexibility index (Phi) is 5.17. The van der Waals surface area contributed by atoms with Crippen LogP contribution < -0.4 is 0 Å². The summed E-state index contributed by atoms with van der Waals surface area (Å²) >= 11 is 0. The van der Waals surface area contributed by atoms with Crippen LogP contribution >= 0.6 is 0 Å². The number of halogens is 2. The molecule has 1 N–H and O–H groups in total. The molecule has 1 aromatic carbocycles. The summed E-state index contributed by atoms with van der Waals surface area (Å²) in [6, 6.07) is 9.14. The molecule has 1 aromatic rings. The summed E-state index contributed by atoms with van der Waals surface area (Å²) in [5.74, 6) is -3.42. The van der Waals surface area contributed by atoms with Gasteiger partial charge >= 0.3 is 0 Å². The van der Waals surface area contributed by atoms with Gasteiger partial charge in [0.15, 0.2) is 0 Å². The van der Waals surface area contributed by atoms with Crippen LogP contribution in [0.2, 0.25) is 0 Å². The minimum Gasteiger partial charge on any atom is -0.396 e. The largest absolute Gasteiger partial charge is 0.396 e. The molecule has 0 heterocycles. The third-order valence-corrected chi connectivity index (χ3v) is 3.77. The number of rotatable bonds is 4. The summed E-state index contributed by atoms with van der Waals surface area (Å²) in [4.78, 5) is 16.2. The standard InChI is InChI=1S/C16H19F2NO2/c17-16(18)9-6-13(7-10-16)15(21)19-14(8-11-20)12-4-2-1-3-5-12/h1-5,13,20H,6-11H2. The SMILES string of the molecule is O=C(N=C(CCO)c1ccccc1)C1CCC(F)(F)CC1. The highest BCUT2D eigenvalue weighted by molar-refractivity contribution is 6.06. The minimum absolute atomic E-state index is 0.107. The van der Waals surface area contributed by atoms with E-state index in [0.29, 0.717) is 5.71 Å². The van der Waals surface area contributed by atoms with E-state index in [2.05, 4.69) is 4.99 Å². The molecule has 1 amide bonds. The molecule has 0 bridgehead atoms. The molecule has 0 aliphatic heterocycles. The monoisotopic (exact) mass is 295 g/mol. The van der Waals surface area contributed by atoms with Crippen molar-refractivity contribution in [1.82, 2.24) is 0 Å². The molecule has 5 heteroatoms. The van der Waals surface area contributed by atoms with Gasteiger partial charge in [-0.15, -0.1) is 0 Å². The second kappa shape index (κ2) is 6.89. The van der Waals surface area contributed by atoms with Gasteiger partial charge in [0.05, 0.1) is 5.71 Å². The molecule has 0 saturated heterocycles. The lowest BCUT2D eigenvalue weighted by Crippen LogP contribution is -2.28. The highest BCUT2D eigenvalue weighted by Gasteiger charge is 2.37. The van der Waals surface area contributed by atoms with Gasteiger partial charge in [0.2, 0.25) is 11.8 Å². The first-order valence-corrected chi connectivity index (χ1v) is 7.17. The lowest BCUT2D eigenvalue weighted by Gasteiger charge is -2.26. The quantitative estimate of drug-likeness (QED) is 0.867. The molecule has 3 nitrogen and oxygen atoms in total. The molecule has 2 rings (SSSR count). The minimum atomic E-state index is -2.64. The van der Waals surface area contributed by atoms with Crippen molar-refractivity contribution >= 4 is 11.6 Å². The number of alkyl halides is 2. The number of nitrogens with zero attached hydrogens (tertiary/aromatic N) is 1. The maximum atomic E-state index is 13.1. The molecule has 1 aliphatic carbocycles. The van der Waals surface area contributed by atoms with Gasteiger partial charge < -0.3 is 5.11 Å². The molecule has 0 unspecified atom stereocenters. The van der Waals surface area contributed by atoms with E-state index in [-0.39, 0.29) is 44.6 Å². The summed E-state index contributed by atoms with van der Waals surface area (Å²) < 4.78 is 26.2. The average Bonchev–Trinajstić information content (AvgIpc) is 2.47. The predicted molar refractivity (Wildman–Crippen MR) is 76.6 cm³/mol. The number of hydrogen-bond donors (Lipinski definition) is 1. The second-order valence-corrected chi connectivity index (χ2v) is 5.37. The Bertz CT molecular complexity index is 504. The van der Waals surface area contributed by atoms with Crippen molar-refractivity contribution in [2.45, 2.75) is 38.0 Å². The summed E-state index contributed by atoms with van der Waals surface area (Å²) in [6.45, 7) is -0.107. The van der Waals surface area contributed by atoms with Gasteiger partial charge in [0.25, 0.3) is 0 Å². The highest BCUT2D eigenvalue weighted by atomic mass is 19.3. The van der Waals surface area contributed by atoms with Crippen molar-refractivity contribution in [2.24, 2.45) is 10.9 Å². The molecule has 0 radical (unpaired) electrons. The Morgan fingerprint density at radius 1 is 1.24 bits per heavy atom. The number of aliphatic hydroxyl groups excluding tert-OH is 1. The van der Waals surface area contributed by atoms with E-state index in [0.717, 1.165) is 5.56 Å². The van der Waals surface area contributed by atoms with Crippen molar-refractivity contribution < 1.29 is 18.7 Å².